The number of methoxy groups -OCH3 is 1. The molecule has 0 heterocycles. The van der Waals surface area contributed by atoms with Gasteiger partial charge in [0.15, 0.2) is 0 Å². The predicted molar refractivity (Wildman–Crippen MR) is 71.5 cm³/mol. The Kier molecular flexibility index (Phi) is 6.20. The van der Waals surface area contributed by atoms with Crippen LogP contribution in [0.2, 0.25) is 5.02 Å². The number of amides is 2. The van der Waals surface area contributed by atoms with Gasteiger partial charge in [-0.25, -0.2) is 14.0 Å². The molecular weight excluding hydrogens is 291 g/mol. The summed E-state index contributed by atoms with van der Waals surface area (Å²) in [5, 5.41) is 13.6. The summed E-state index contributed by atoms with van der Waals surface area (Å²) >= 11 is 5.68. The Bertz CT molecular complexity index is 498. The zero-order valence-electron chi connectivity index (χ0n) is 10.7. The Morgan fingerprint density at radius 3 is 2.80 bits per heavy atom. The summed E-state index contributed by atoms with van der Waals surface area (Å²) in [5.74, 6) is -1.88. The van der Waals surface area contributed by atoms with E-state index in [-0.39, 0.29) is 23.7 Å². The molecule has 0 bridgehead atoms. The molecule has 0 spiro atoms. The number of hydrogen-bond acceptors (Lipinski definition) is 3. The molecule has 1 atom stereocenters. The summed E-state index contributed by atoms with van der Waals surface area (Å²) in [6.45, 7) is 0.169. The molecule has 0 fully saturated rings. The van der Waals surface area contributed by atoms with Crippen LogP contribution in [-0.4, -0.2) is 36.9 Å². The third kappa shape index (κ3) is 5.02. The van der Waals surface area contributed by atoms with E-state index < -0.39 is 23.9 Å². The molecule has 1 aromatic rings. The van der Waals surface area contributed by atoms with Gasteiger partial charge in [0.1, 0.15) is 11.9 Å². The second-order valence-electron chi connectivity index (χ2n) is 3.89. The van der Waals surface area contributed by atoms with Crippen LogP contribution in [0.1, 0.15) is 6.42 Å². The first kappa shape index (κ1) is 16.2. The van der Waals surface area contributed by atoms with Crippen molar-refractivity contribution in [1.29, 1.82) is 0 Å². The number of carbonyl (C=O) groups excluding carboxylic acids is 1. The van der Waals surface area contributed by atoms with Crippen LogP contribution in [-0.2, 0) is 9.53 Å². The van der Waals surface area contributed by atoms with Crippen molar-refractivity contribution in [3.8, 4) is 0 Å². The molecule has 0 radical (unpaired) electrons. The van der Waals surface area contributed by atoms with Crippen LogP contribution in [0.3, 0.4) is 0 Å². The standard InChI is InChI=1S/C12H14ClFN2O4/c1-20-5-4-9(11(17)18)15-12(19)16-10-6-7(13)2-3-8(10)14/h2-3,6,9H,4-5H2,1H3,(H,17,18)(H2,15,16,19). The van der Waals surface area contributed by atoms with Crippen molar-refractivity contribution in [3.05, 3.63) is 29.0 Å². The number of anilines is 1. The van der Waals surface area contributed by atoms with Gasteiger partial charge in [0.25, 0.3) is 0 Å². The lowest BCUT2D eigenvalue weighted by Crippen LogP contribution is -2.43. The van der Waals surface area contributed by atoms with Gasteiger partial charge in [0, 0.05) is 25.2 Å². The number of benzene rings is 1. The summed E-state index contributed by atoms with van der Waals surface area (Å²) in [7, 11) is 1.42. The van der Waals surface area contributed by atoms with Gasteiger partial charge < -0.3 is 20.5 Å². The molecule has 8 heteroatoms. The lowest BCUT2D eigenvalue weighted by atomic mass is 10.2. The maximum Gasteiger partial charge on any atom is 0.326 e. The molecule has 0 aliphatic heterocycles. The summed E-state index contributed by atoms with van der Waals surface area (Å²) < 4.78 is 18.1. The number of carboxylic acid groups (broad SMARTS) is 1. The number of hydrogen-bond donors (Lipinski definition) is 3. The van der Waals surface area contributed by atoms with E-state index in [0.29, 0.717) is 0 Å². The summed E-state index contributed by atoms with van der Waals surface area (Å²) in [5.41, 5.74) is -0.133. The number of ether oxygens (including phenoxy) is 1. The van der Waals surface area contributed by atoms with Crippen molar-refractivity contribution >= 4 is 29.3 Å². The minimum atomic E-state index is -1.20. The molecule has 1 unspecified atom stereocenters. The maximum absolute atomic E-state index is 13.4. The highest BCUT2D eigenvalue weighted by molar-refractivity contribution is 6.30. The van der Waals surface area contributed by atoms with Crippen molar-refractivity contribution < 1.29 is 23.8 Å². The van der Waals surface area contributed by atoms with Crippen molar-refractivity contribution in [2.75, 3.05) is 19.0 Å². The highest BCUT2D eigenvalue weighted by Gasteiger charge is 2.20. The smallest absolute Gasteiger partial charge is 0.326 e. The first-order valence-electron chi connectivity index (χ1n) is 5.68. The zero-order valence-corrected chi connectivity index (χ0v) is 11.4. The van der Waals surface area contributed by atoms with Crippen LogP contribution in [0.4, 0.5) is 14.9 Å². The predicted octanol–water partition coefficient (Wildman–Crippen LogP) is 2.09. The summed E-state index contributed by atoms with van der Waals surface area (Å²) in [6, 6.07) is 1.68. The molecule has 6 nitrogen and oxygen atoms in total. The molecular formula is C12H14ClFN2O4. The molecule has 0 aromatic heterocycles. The van der Waals surface area contributed by atoms with Gasteiger partial charge in [-0.1, -0.05) is 11.6 Å². The fourth-order valence-electron chi connectivity index (χ4n) is 1.40. The van der Waals surface area contributed by atoms with Gasteiger partial charge in [-0.2, -0.15) is 0 Å². The fourth-order valence-corrected chi connectivity index (χ4v) is 1.58. The first-order valence-corrected chi connectivity index (χ1v) is 6.06. The largest absolute Gasteiger partial charge is 0.480 e. The van der Waals surface area contributed by atoms with Gasteiger partial charge in [0.05, 0.1) is 5.69 Å². The SMILES string of the molecule is COCCC(NC(=O)Nc1cc(Cl)ccc1F)C(=O)O. The van der Waals surface area contributed by atoms with E-state index in [1.54, 1.807) is 0 Å². The van der Waals surface area contributed by atoms with Crippen molar-refractivity contribution in [2.24, 2.45) is 0 Å². The molecule has 2 amide bonds. The van der Waals surface area contributed by atoms with Gasteiger partial charge in [-0.15, -0.1) is 0 Å². The Labute approximate surface area is 119 Å². The molecule has 1 aromatic carbocycles. The van der Waals surface area contributed by atoms with Crippen molar-refractivity contribution in [1.82, 2.24) is 5.32 Å². The Balaban J connectivity index is 2.65. The van der Waals surface area contributed by atoms with E-state index in [9.17, 15) is 14.0 Å². The van der Waals surface area contributed by atoms with Gasteiger partial charge in [-0.05, 0) is 18.2 Å². The van der Waals surface area contributed by atoms with E-state index in [2.05, 4.69) is 10.6 Å². The van der Waals surface area contributed by atoms with Crippen LogP contribution in [0.5, 0.6) is 0 Å². The molecule has 0 aliphatic rings. The minimum absolute atomic E-state index is 0.0945. The van der Waals surface area contributed by atoms with E-state index >= 15 is 0 Å². The van der Waals surface area contributed by atoms with Gasteiger partial charge >= 0.3 is 12.0 Å². The number of halogens is 2. The molecule has 110 valence electrons. The normalized spacial score (nSPS) is 11.8. The molecule has 1 rings (SSSR count). The lowest BCUT2D eigenvalue weighted by molar-refractivity contribution is -0.139. The van der Waals surface area contributed by atoms with Crippen molar-refractivity contribution in [3.63, 3.8) is 0 Å². The van der Waals surface area contributed by atoms with Crippen LogP contribution >= 0.6 is 11.6 Å². The van der Waals surface area contributed by atoms with Crippen LogP contribution in [0.15, 0.2) is 18.2 Å². The summed E-state index contributed by atoms with van der Waals surface area (Å²) in [4.78, 5) is 22.5. The molecule has 0 saturated carbocycles. The number of urea groups is 1. The minimum Gasteiger partial charge on any atom is -0.480 e. The van der Waals surface area contributed by atoms with Gasteiger partial charge in [-0.3, -0.25) is 0 Å². The van der Waals surface area contributed by atoms with Crippen LogP contribution in [0, 0.1) is 5.82 Å². The van der Waals surface area contributed by atoms with E-state index in [4.69, 9.17) is 21.4 Å². The Hall–Kier alpha value is -1.86. The number of nitrogens with one attached hydrogen (secondary N) is 2. The second kappa shape index (κ2) is 7.66. The van der Waals surface area contributed by atoms with Crippen molar-refractivity contribution in [2.45, 2.75) is 12.5 Å². The van der Waals surface area contributed by atoms with E-state index in [0.717, 1.165) is 6.07 Å². The average molecular weight is 305 g/mol. The van der Waals surface area contributed by atoms with E-state index in [1.807, 2.05) is 0 Å². The number of rotatable bonds is 6. The second-order valence-corrected chi connectivity index (χ2v) is 4.33. The molecule has 0 saturated heterocycles. The number of carbonyl (C=O) groups is 2. The molecule has 3 N–H and O–H groups in total. The lowest BCUT2D eigenvalue weighted by Gasteiger charge is -2.15. The quantitative estimate of drug-likeness (QED) is 0.751. The Morgan fingerprint density at radius 2 is 2.20 bits per heavy atom. The molecule has 0 aliphatic carbocycles. The van der Waals surface area contributed by atoms with Crippen LogP contribution < -0.4 is 10.6 Å². The van der Waals surface area contributed by atoms with Gasteiger partial charge in [0.2, 0.25) is 0 Å². The molecule has 20 heavy (non-hydrogen) atoms. The highest BCUT2D eigenvalue weighted by Crippen LogP contribution is 2.19. The monoisotopic (exact) mass is 304 g/mol. The average Bonchev–Trinajstić information content (AvgIpc) is 2.38. The highest BCUT2D eigenvalue weighted by atomic mass is 35.5. The maximum atomic E-state index is 13.4. The first-order chi connectivity index (χ1) is 9.43. The third-order valence-corrected chi connectivity index (χ3v) is 2.63. The summed E-state index contributed by atoms with van der Waals surface area (Å²) in [6.07, 6.45) is 0.0945. The number of carboxylic acids is 1. The Morgan fingerprint density at radius 1 is 1.50 bits per heavy atom. The van der Waals surface area contributed by atoms with Crippen LogP contribution in [0.25, 0.3) is 0 Å². The zero-order chi connectivity index (χ0) is 15.1. The topological polar surface area (TPSA) is 87.7 Å². The fraction of sp³-hybridized carbons (Fsp3) is 0.333. The van der Waals surface area contributed by atoms with E-state index in [1.165, 1.54) is 19.2 Å². The third-order valence-electron chi connectivity index (χ3n) is 2.39. The number of aliphatic carboxylic acids is 1.